The number of hydrazine groups is 1. The number of anilines is 1. The predicted molar refractivity (Wildman–Crippen MR) is 38.9 cm³/mol. The number of nitrogens with zero attached hydrogens (tertiary/aromatic N) is 1. The lowest BCUT2D eigenvalue weighted by atomic mass is 10.3. The fourth-order valence-electron chi connectivity index (χ4n) is 0.842. The standard InChI is InChI=1S/C6H5FN2S/c7-9-8-5-3-1-2-4-6(5)10-9/h1-4,8H. The normalized spacial score (nSPS) is 16.5. The fourth-order valence-corrected chi connectivity index (χ4v) is 1.51. The molecule has 0 spiro atoms. The van der Waals surface area contributed by atoms with Crippen LogP contribution in [0.4, 0.5) is 10.2 Å². The van der Waals surface area contributed by atoms with Crippen LogP contribution in [-0.2, 0) is 0 Å². The minimum absolute atomic E-state index is 0.491. The quantitative estimate of drug-likeness (QED) is 0.458. The Labute approximate surface area is 62.1 Å². The van der Waals surface area contributed by atoms with E-state index < -0.39 is 0 Å². The molecule has 1 heterocycles. The van der Waals surface area contributed by atoms with Crippen molar-refractivity contribution in [2.45, 2.75) is 4.90 Å². The third-order valence-corrected chi connectivity index (χ3v) is 2.08. The van der Waals surface area contributed by atoms with E-state index in [4.69, 9.17) is 0 Å². The molecule has 0 amide bonds. The molecule has 0 unspecified atom stereocenters. The molecule has 0 radical (unpaired) electrons. The Kier molecular flexibility index (Phi) is 1.28. The Bertz CT molecular complexity index is 228. The van der Waals surface area contributed by atoms with Crippen molar-refractivity contribution in [2.24, 2.45) is 0 Å². The molecule has 2 rings (SSSR count). The van der Waals surface area contributed by atoms with E-state index >= 15 is 0 Å². The SMILES string of the molecule is FN1Nc2ccccc2S1. The molecule has 1 aromatic carbocycles. The Hall–Kier alpha value is -0.740. The van der Waals surface area contributed by atoms with Crippen LogP contribution < -0.4 is 5.43 Å². The van der Waals surface area contributed by atoms with Gasteiger partial charge in [0.2, 0.25) is 0 Å². The van der Waals surface area contributed by atoms with Crippen LogP contribution >= 0.6 is 11.9 Å². The highest BCUT2D eigenvalue weighted by molar-refractivity contribution is 7.97. The maximum absolute atomic E-state index is 12.4. The van der Waals surface area contributed by atoms with E-state index in [0.717, 1.165) is 22.5 Å². The second-order valence-electron chi connectivity index (χ2n) is 1.94. The van der Waals surface area contributed by atoms with Gasteiger partial charge in [0.25, 0.3) is 0 Å². The second kappa shape index (κ2) is 2.14. The predicted octanol–water partition coefficient (Wildman–Crippen LogP) is 2.22. The molecule has 0 aromatic heterocycles. The highest BCUT2D eigenvalue weighted by atomic mass is 32.2. The lowest BCUT2D eigenvalue weighted by Gasteiger charge is -1.97. The smallest absolute Gasteiger partial charge is 0.0675 e. The molecule has 1 aliphatic heterocycles. The van der Waals surface area contributed by atoms with Gasteiger partial charge >= 0.3 is 0 Å². The highest BCUT2D eigenvalue weighted by Gasteiger charge is 2.17. The van der Waals surface area contributed by atoms with Gasteiger partial charge in [0, 0.05) is 16.6 Å². The molecule has 52 valence electrons. The molecule has 0 saturated heterocycles. The zero-order valence-corrected chi connectivity index (χ0v) is 5.86. The summed E-state index contributed by atoms with van der Waals surface area (Å²) in [6.07, 6.45) is 0. The van der Waals surface area contributed by atoms with Gasteiger partial charge in [-0.2, -0.15) is 0 Å². The summed E-state index contributed by atoms with van der Waals surface area (Å²) in [6, 6.07) is 7.45. The number of halogens is 1. The van der Waals surface area contributed by atoms with Gasteiger partial charge in [0.05, 0.1) is 10.6 Å². The third kappa shape index (κ3) is 0.853. The molecular weight excluding hydrogens is 151 g/mol. The number of fused-ring (bicyclic) bond motifs is 1. The molecule has 1 N–H and O–H groups in total. The van der Waals surface area contributed by atoms with E-state index in [1.165, 1.54) is 0 Å². The van der Waals surface area contributed by atoms with Crippen LogP contribution in [0.5, 0.6) is 0 Å². The Morgan fingerprint density at radius 1 is 1.40 bits per heavy atom. The number of hydrogen-bond acceptors (Lipinski definition) is 3. The largest absolute Gasteiger partial charge is 0.280 e. The summed E-state index contributed by atoms with van der Waals surface area (Å²) in [7, 11) is 0. The van der Waals surface area contributed by atoms with Gasteiger partial charge in [-0.05, 0) is 12.1 Å². The van der Waals surface area contributed by atoms with Gasteiger partial charge in [0.1, 0.15) is 0 Å². The first-order valence-corrected chi connectivity index (χ1v) is 3.63. The van der Waals surface area contributed by atoms with Crippen molar-refractivity contribution in [1.29, 1.82) is 0 Å². The van der Waals surface area contributed by atoms with E-state index in [9.17, 15) is 4.48 Å². The fraction of sp³-hybridized carbons (Fsp3) is 0. The van der Waals surface area contributed by atoms with E-state index in [1.54, 1.807) is 0 Å². The summed E-state index contributed by atoms with van der Waals surface area (Å²) in [5.41, 5.74) is 3.36. The summed E-state index contributed by atoms with van der Waals surface area (Å²) in [6.45, 7) is 0. The first-order chi connectivity index (χ1) is 4.86. The van der Waals surface area contributed by atoms with Crippen molar-refractivity contribution in [3.63, 3.8) is 0 Å². The van der Waals surface area contributed by atoms with Crippen LogP contribution in [-0.4, -0.2) is 4.64 Å². The second-order valence-corrected chi connectivity index (χ2v) is 2.89. The topological polar surface area (TPSA) is 15.3 Å². The Balaban J connectivity index is 2.42. The number of hydrogen-bond donors (Lipinski definition) is 1. The van der Waals surface area contributed by atoms with Crippen LogP contribution in [0.2, 0.25) is 0 Å². The average molecular weight is 156 g/mol. The highest BCUT2D eigenvalue weighted by Crippen LogP contribution is 2.36. The van der Waals surface area contributed by atoms with Crippen molar-refractivity contribution in [3.05, 3.63) is 24.3 Å². The molecular formula is C6H5FN2S. The minimum Gasteiger partial charge on any atom is -0.280 e. The number of rotatable bonds is 0. The lowest BCUT2D eigenvalue weighted by molar-refractivity contribution is 0.203. The van der Waals surface area contributed by atoms with Gasteiger partial charge < -0.3 is 0 Å². The van der Waals surface area contributed by atoms with Crippen molar-refractivity contribution < 1.29 is 4.48 Å². The molecule has 10 heavy (non-hydrogen) atoms. The van der Waals surface area contributed by atoms with Crippen LogP contribution in [0, 0.1) is 0 Å². The molecule has 0 bridgehead atoms. The van der Waals surface area contributed by atoms with Crippen molar-refractivity contribution in [2.75, 3.05) is 5.43 Å². The molecule has 0 fully saturated rings. The van der Waals surface area contributed by atoms with E-state index in [1.807, 2.05) is 24.3 Å². The molecule has 0 atom stereocenters. The molecule has 0 saturated carbocycles. The first-order valence-electron chi connectivity index (χ1n) is 2.86. The molecule has 1 aromatic rings. The lowest BCUT2D eigenvalue weighted by Crippen LogP contribution is -2.04. The molecule has 0 aliphatic carbocycles. The first kappa shape index (κ1) is 6.00. The minimum atomic E-state index is 0.491. The maximum Gasteiger partial charge on any atom is 0.0675 e. The van der Waals surface area contributed by atoms with Crippen molar-refractivity contribution in [3.8, 4) is 0 Å². The summed E-state index contributed by atoms with van der Waals surface area (Å²) >= 11 is 1.05. The number of nitrogens with one attached hydrogen (secondary N) is 1. The van der Waals surface area contributed by atoms with Crippen LogP contribution in [0.15, 0.2) is 29.2 Å². The zero-order chi connectivity index (χ0) is 6.97. The molecule has 2 nitrogen and oxygen atoms in total. The number of benzene rings is 1. The van der Waals surface area contributed by atoms with Crippen molar-refractivity contribution >= 4 is 17.6 Å². The van der Waals surface area contributed by atoms with Gasteiger partial charge in [-0.15, -0.1) is 4.48 Å². The Morgan fingerprint density at radius 3 is 3.00 bits per heavy atom. The summed E-state index contributed by atoms with van der Waals surface area (Å²) in [5.74, 6) is 0. The van der Waals surface area contributed by atoms with Gasteiger partial charge in [-0.1, -0.05) is 12.1 Å². The average Bonchev–Trinajstić information content (AvgIpc) is 2.27. The summed E-state index contributed by atoms with van der Waals surface area (Å²) < 4.78 is 12.9. The van der Waals surface area contributed by atoms with Crippen molar-refractivity contribution in [1.82, 2.24) is 4.64 Å². The van der Waals surface area contributed by atoms with Crippen LogP contribution in [0.3, 0.4) is 0 Å². The van der Waals surface area contributed by atoms with E-state index in [0.29, 0.717) is 4.64 Å². The van der Waals surface area contributed by atoms with Crippen LogP contribution in [0.25, 0.3) is 0 Å². The van der Waals surface area contributed by atoms with Crippen LogP contribution in [0.1, 0.15) is 0 Å². The van der Waals surface area contributed by atoms with Gasteiger partial charge in [-0.25, -0.2) is 0 Å². The third-order valence-electron chi connectivity index (χ3n) is 1.27. The molecule has 1 aliphatic rings. The monoisotopic (exact) mass is 156 g/mol. The van der Waals surface area contributed by atoms with E-state index in [-0.39, 0.29) is 0 Å². The van der Waals surface area contributed by atoms with Gasteiger partial charge in [0.15, 0.2) is 0 Å². The Morgan fingerprint density at radius 2 is 2.20 bits per heavy atom. The van der Waals surface area contributed by atoms with E-state index in [2.05, 4.69) is 5.43 Å². The zero-order valence-electron chi connectivity index (χ0n) is 5.04. The molecule has 4 heteroatoms. The summed E-state index contributed by atoms with van der Waals surface area (Å²) in [4.78, 5) is 0.921. The maximum atomic E-state index is 12.4. The summed E-state index contributed by atoms with van der Waals surface area (Å²) in [5, 5.41) is 0. The number of para-hydroxylation sites is 1. The van der Waals surface area contributed by atoms with Gasteiger partial charge in [-0.3, -0.25) is 5.43 Å².